The van der Waals surface area contributed by atoms with Crippen molar-refractivity contribution in [2.75, 3.05) is 14.1 Å². The largest absolute Gasteiger partial charge is 0.277 e. The highest BCUT2D eigenvalue weighted by atomic mass is 32.1. The van der Waals surface area contributed by atoms with Gasteiger partial charge in [0.05, 0.1) is 11.1 Å². The second-order valence-electron chi connectivity index (χ2n) is 6.41. The molecule has 6 nitrogen and oxygen atoms in total. The minimum atomic E-state index is -0.438. The molecule has 0 atom stereocenters. The van der Waals surface area contributed by atoms with Gasteiger partial charge in [0.15, 0.2) is 0 Å². The second-order valence-corrected chi connectivity index (χ2v) is 7.92. The summed E-state index contributed by atoms with van der Waals surface area (Å²) in [7, 11) is 3.26. The molecule has 0 spiro atoms. The normalized spacial score (nSPS) is 10.3. The minimum Gasteiger partial charge on any atom is -0.277 e. The number of nitrogens with zero attached hydrogens (tertiary/aromatic N) is 2. The molecule has 9 heteroatoms. The zero-order valence-corrected chi connectivity index (χ0v) is 19.3. The molecule has 0 saturated carbocycles. The van der Waals surface area contributed by atoms with Crippen LogP contribution in [0.2, 0.25) is 0 Å². The molecule has 0 aliphatic rings. The smallest absolute Gasteiger partial charge is 0.275 e. The molecule has 0 saturated heterocycles. The van der Waals surface area contributed by atoms with Crippen molar-refractivity contribution < 1.29 is 9.59 Å². The summed E-state index contributed by atoms with van der Waals surface area (Å²) in [6, 6.07) is 18.5. The predicted octanol–water partition coefficient (Wildman–Crippen LogP) is 3.65. The van der Waals surface area contributed by atoms with Crippen molar-refractivity contribution in [3.63, 3.8) is 0 Å². The lowest BCUT2D eigenvalue weighted by Gasteiger charge is -2.23. The fraction of sp³-hybridized carbons (Fsp3) is 0.0909. The number of hydrogen-bond donors (Lipinski definition) is 2. The Labute approximate surface area is 195 Å². The van der Waals surface area contributed by atoms with Crippen LogP contribution in [0.5, 0.6) is 0 Å². The third-order valence-corrected chi connectivity index (χ3v) is 6.05. The highest BCUT2D eigenvalue weighted by Crippen LogP contribution is 2.19. The van der Waals surface area contributed by atoms with Crippen LogP contribution in [0.25, 0.3) is 0 Å². The minimum absolute atomic E-state index is 0.244. The molecular weight excluding hydrogens is 448 g/mol. The molecule has 0 fully saturated rings. The number of amides is 2. The highest BCUT2D eigenvalue weighted by molar-refractivity contribution is 7.81. The predicted molar refractivity (Wildman–Crippen MR) is 131 cm³/mol. The highest BCUT2D eigenvalue weighted by Gasteiger charge is 2.26. The van der Waals surface area contributed by atoms with Crippen molar-refractivity contribution in [2.24, 2.45) is 0 Å². The molecule has 1 aromatic heterocycles. The molecule has 3 aromatic rings. The number of thiophene rings is 1. The maximum absolute atomic E-state index is 13.2. The van der Waals surface area contributed by atoms with Crippen LogP contribution < -0.4 is 10.9 Å². The monoisotopic (exact) mass is 468 g/mol. The number of hydrogen-bond acceptors (Lipinski definition) is 6. The van der Waals surface area contributed by atoms with Crippen molar-refractivity contribution >= 4 is 57.6 Å². The first-order valence-electron chi connectivity index (χ1n) is 9.25. The van der Waals surface area contributed by atoms with Gasteiger partial charge in [-0.2, -0.15) is 11.3 Å². The zero-order chi connectivity index (χ0) is 22.4. The Bertz CT molecular complexity index is 1100. The number of nitrogens with one attached hydrogen (secondary N) is 2. The first kappa shape index (κ1) is 22.7. The van der Waals surface area contributed by atoms with Crippen LogP contribution in [-0.4, -0.2) is 45.9 Å². The van der Waals surface area contributed by atoms with Crippen molar-refractivity contribution in [3.05, 3.63) is 93.7 Å². The van der Waals surface area contributed by atoms with Gasteiger partial charge in [0.25, 0.3) is 11.8 Å². The molecule has 0 bridgehead atoms. The molecule has 31 heavy (non-hydrogen) atoms. The van der Waals surface area contributed by atoms with Crippen LogP contribution in [0.3, 0.4) is 0 Å². The van der Waals surface area contributed by atoms with E-state index in [2.05, 4.69) is 10.9 Å². The quantitative estimate of drug-likeness (QED) is 0.440. The summed E-state index contributed by atoms with van der Waals surface area (Å²) in [5, 5.41) is 5.97. The molecule has 0 aliphatic carbocycles. The van der Waals surface area contributed by atoms with E-state index in [1.54, 1.807) is 24.9 Å². The van der Waals surface area contributed by atoms with Crippen LogP contribution in [0.15, 0.2) is 71.4 Å². The molecular formula is C22H20N4O2S3. The van der Waals surface area contributed by atoms with Crippen LogP contribution in [0, 0.1) is 0 Å². The van der Waals surface area contributed by atoms with Gasteiger partial charge >= 0.3 is 0 Å². The number of carbonyl (C=O) groups excluding carboxylic acids is 2. The number of thiocarbonyl (C=S) groups is 2. The Morgan fingerprint density at radius 2 is 1.35 bits per heavy atom. The zero-order valence-electron chi connectivity index (χ0n) is 16.9. The lowest BCUT2D eigenvalue weighted by Crippen LogP contribution is -2.46. The average Bonchev–Trinajstić information content (AvgIpc) is 3.30. The Kier molecular flexibility index (Phi) is 7.59. The van der Waals surface area contributed by atoms with E-state index in [-0.39, 0.29) is 11.1 Å². The fourth-order valence-corrected chi connectivity index (χ4v) is 4.10. The molecule has 1 heterocycles. The molecule has 2 aromatic carbocycles. The van der Waals surface area contributed by atoms with E-state index in [0.29, 0.717) is 9.98 Å². The van der Waals surface area contributed by atoms with Crippen molar-refractivity contribution in [2.45, 2.75) is 0 Å². The molecule has 158 valence electrons. The lowest BCUT2D eigenvalue weighted by atomic mass is 10.1. The van der Waals surface area contributed by atoms with Gasteiger partial charge in [-0.15, -0.1) is 0 Å². The van der Waals surface area contributed by atoms with Crippen LogP contribution in [-0.2, 0) is 0 Å². The van der Waals surface area contributed by atoms with Gasteiger partial charge in [-0.25, -0.2) is 10.4 Å². The van der Waals surface area contributed by atoms with Crippen LogP contribution in [0.1, 0.15) is 31.8 Å². The Hall–Kier alpha value is -2.98. The summed E-state index contributed by atoms with van der Waals surface area (Å²) in [6.45, 7) is 0. The summed E-state index contributed by atoms with van der Waals surface area (Å²) in [5.74, 6) is -0.858. The third kappa shape index (κ3) is 5.20. The summed E-state index contributed by atoms with van der Waals surface area (Å²) in [4.78, 5) is 26.9. The van der Waals surface area contributed by atoms with Crippen molar-refractivity contribution in [1.82, 2.24) is 20.9 Å². The van der Waals surface area contributed by atoms with E-state index in [4.69, 9.17) is 24.4 Å². The lowest BCUT2D eigenvalue weighted by molar-refractivity contribution is 0.0795. The number of carbonyl (C=O) groups is 2. The standard InChI is InChI=1S/C22H20N4O2S3/c1-23-26(22(30)16-11-7-4-8-12-16)20(28)18-14-31-13-17(18)19(27)24-25(2)21(29)15-9-5-3-6-10-15/h3-14,23H,1-2H3,(H,24,27). The number of hydrazine groups is 2. The van der Waals surface area contributed by atoms with Gasteiger partial charge in [-0.1, -0.05) is 85.1 Å². The Morgan fingerprint density at radius 3 is 1.90 bits per heavy atom. The van der Waals surface area contributed by atoms with Crippen molar-refractivity contribution in [1.29, 1.82) is 0 Å². The van der Waals surface area contributed by atoms with E-state index in [1.807, 2.05) is 60.7 Å². The summed E-state index contributed by atoms with van der Waals surface area (Å²) >= 11 is 12.2. The van der Waals surface area contributed by atoms with Gasteiger partial charge in [0.2, 0.25) is 0 Å². The van der Waals surface area contributed by atoms with Crippen LogP contribution >= 0.6 is 35.8 Å². The van der Waals surface area contributed by atoms with Gasteiger partial charge < -0.3 is 0 Å². The number of benzene rings is 2. The first-order valence-corrected chi connectivity index (χ1v) is 11.0. The molecule has 0 unspecified atom stereocenters. The number of rotatable bonds is 5. The van der Waals surface area contributed by atoms with Crippen molar-refractivity contribution in [3.8, 4) is 0 Å². The Morgan fingerprint density at radius 1 is 0.839 bits per heavy atom. The molecule has 2 N–H and O–H groups in total. The van der Waals surface area contributed by atoms with Gasteiger partial charge in [-0.05, 0) is 0 Å². The van der Waals surface area contributed by atoms with E-state index in [1.165, 1.54) is 21.4 Å². The average molecular weight is 469 g/mol. The Balaban J connectivity index is 1.77. The fourth-order valence-electron chi connectivity index (χ4n) is 2.80. The molecule has 0 aliphatic heterocycles. The maximum Gasteiger partial charge on any atom is 0.275 e. The molecule has 3 rings (SSSR count). The van der Waals surface area contributed by atoms with Gasteiger partial charge in [-0.3, -0.25) is 20.0 Å². The van der Waals surface area contributed by atoms with E-state index in [9.17, 15) is 9.59 Å². The first-order chi connectivity index (χ1) is 14.9. The van der Waals surface area contributed by atoms with E-state index in [0.717, 1.165) is 11.1 Å². The SMILES string of the molecule is CNN(C(=O)c1cscc1C(=O)NN(C)C(=S)c1ccccc1)C(=S)c1ccccc1. The third-order valence-electron chi connectivity index (χ3n) is 4.38. The summed E-state index contributed by atoms with van der Waals surface area (Å²) < 4.78 is 0. The van der Waals surface area contributed by atoms with Gasteiger partial charge in [0.1, 0.15) is 9.98 Å². The van der Waals surface area contributed by atoms with Crippen LogP contribution in [0.4, 0.5) is 0 Å². The summed E-state index contributed by atoms with van der Waals surface area (Å²) in [5.41, 5.74) is 7.56. The van der Waals surface area contributed by atoms with E-state index < -0.39 is 11.8 Å². The van der Waals surface area contributed by atoms with E-state index >= 15 is 0 Å². The topological polar surface area (TPSA) is 64.7 Å². The molecule has 0 radical (unpaired) electrons. The van der Waals surface area contributed by atoms with Gasteiger partial charge in [0, 0.05) is 36.0 Å². The summed E-state index contributed by atoms with van der Waals surface area (Å²) in [6.07, 6.45) is 0. The molecule has 2 amide bonds. The maximum atomic E-state index is 13.2. The second kappa shape index (κ2) is 10.4.